The molecule has 3 heterocycles. The summed E-state index contributed by atoms with van der Waals surface area (Å²) in [6.07, 6.45) is 2.19. The number of nitrogens with two attached hydrogens (primary N) is 1. The average molecular weight is 219 g/mol. The third kappa shape index (κ3) is 1.28. The van der Waals surface area contributed by atoms with Crippen LogP contribution in [0.5, 0.6) is 0 Å². The summed E-state index contributed by atoms with van der Waals surface area (Å²) in [6, 6.07) is 0. The third-order valence-corrected chi connectivity index (χ3v) is 2.90. The van der Waals surface area contributed by atoms with Gasteiger partial charge in [-0.1, -0.05) is 0 Å². The Labute approximate surface area is 92.6 Å². The van der Waals surface area contributed by atoms with Crippen LogP contribution in [0.25, 0.3) is 11.1 Å². The quantitative estimate of drug-likeness (QED) is 0.729. The SMILES string of the molecule is CC1(C)Cc2c(oc3ncnc(N)c23)CO1. The van der Waals surface area contributed by atoms with Crippen molar-refractivity contribution in [1.82, 2.24) is 9.97 Å². The van der Waals surface area contributed by atoms with Crippen LogP contribution in [0.2, 0.25) is 0 Å². The molecular formula is C11H13N3O2. The fraction of sp³-hybridized carbons (Fsp3) is 0.455. The zero-order valence-corrected chi connectivity index (χ0v) is 9.28. The summed E-state index contributed by atoms with van der Waals surface area (Å²) in [5.41, 5.74) is 7.31. The fourth-order valence-electron chi connectivity index (χ4n) is 2.10. The maximum atomic E-state index is 5.86. The van der Waals surface area contributed by atoms with Crippen molar-refractivity contribution in [3.8, 4) is 0 Å². The Kier molecular flexibility index (Phi) is 1.77. The highest BCUT2D eigenvalue weighted by Gasteiger charge is 2.31. The lowest BCUT2D eigenvalue weighted by Crippen LogP contribution is -2.31. The van der Waals surface area contributed by atoms with Crippen LogP contribution in [0.4, 0.5) is 5.82 Å². The minimum Gasteiger partial charge on any atom is -0.440 e. The van der Waals surface area contributed by atoms with E-state index in [9.17, 15) is 0 Å². The molecule has 1 aliphatic heterocycles. The predicted octanol–water partition coefficient (Wildman–Crippen LogP) is 1.66. The van der Waals surface area contributed by atoms with Crippen molar-refractivity contribution in [3.05, 3.63) is 17.7 Å². The molecule has 1 aliphatic rings. The van der Waals surface area contributed by atoms with Crippen LogP contribution in [0, 0.1) is 0 Å². The van der Waals surface area contributed by atoms with E-state index in [1.165, 1.54) is 6.33 Å². The van der Waals surface area contributed by atoms with Crippen molar-refractivity contribution in [2.75, 3.05) is 5.73 Å². The summed E-state index contributed by atoms with van der Waals surface area (Å²) >= 11 is 0. The van der Waals surface area contributed by atoms with Crippen molar-refractivity contribution >= 4 is 16.9 Å². The van der Waals surface area contributed by atoms with Gasteiger partial charge in [0, 0.05) is 12.0 Å². The molecule has 2 aromatic rings. The second-order valence-electron chi connectivity index (χ2n) is 4.67. The number of rotatable bonds is 0. The van der Waals surface area contributed by atoms with Gasteiger partial charge in [-0.15, -0.1) is 0 Å². The number of furan rings is 1. The van der Waals surface area contributed by atoms with Crippen molar-refractivity contribution in [3.63, 3.8) is 0 Å². The number of fused-ring (bicyclic) bond motifs is 3. The third-order valence-electron chi connectivity index (χ3n) is 2.90. The van der Waals surface area contributed by atoms with Gasteiger partial charge in [-0.05, 0) is 13.8 Å². The maximum absolute atomic E-state index is 5.86. The predicted molar refractivity (Wildman–Crippen MR) is 58.8 cm³/mol. The van der Waals surface area contributed by atoms with Gasteiger partial charge in [0.05, 0.1) is 11.0 Å². The molecule has 5 nitrogen and oxygen atoms in total. The molecule has 0 unspecified atom stereocenters. The second-order valence-corrected chi connectivity index (χ2v) is 4.67. The molecular weight excluding hydrogens is 206 g/mol. The number of anilines is 1. The fourth-order valence-corrected chi connectivity index (χ4v) is 2.10. The first-order valence-corrected chi connectivity index (χ1v) is 5.21. The molecule has 0 aromatic carbocycles. The lowest BCUT2D eigenvalue weighted by Gasteiger charge is -2.29. The van der Waals surface area contributed by atoms with Gasteiger partial charge in [0.2, 0.25) is 5.71 Å². The second kappa shape index (κ2) is 2.95. The van der Waals surface area contributed by atoms with Crippen LogP contribution in [0.3, 0.4) is 0 Å². The summed E-state index contributed by atoms with van der Waals surface area (Å²) < 4.78 is 11.3. The molecule has 2 N–H and O–H groups in total. The van der Waals surface area contributed by atoms with Crippen LogP contribution in [-0.4, -0.2) is 15.6 Å². The van der Waals surface area contributed by atoms with Gasteiger partial charge in [-0.2, -0.15) is 0 Å². The van der Waals surface area contributed by atoms with E-state index >= 15 is 0 Å². The van der Waals surface area contributed by atoms with Crippen molar-refractivity contribution < 1.29 is 9.15 Å². The first-order chi connectivity index (χ1) is 7.57. The topological polar surface area (TPSA) is 74.2 Å². The van der Waals surface area contributed by atoms with E-state index in [0.29, 0.717) is 18.1 Å². The molecule has 0 saturated carbocycles. The number of nitrogen functional groups attached to an aromatic ring is 1. The number of hydrogen-bond acceptors (Lipinski definition) is 5. The van der Waals surface area contributed by atoms with Crippen molar-refractivity contribution in [2.24, 2.45) is 0 Å². The van der Waals surface area contributed by atoms with Gasteiger partial charge >= 0.3 is 0 Å². The molecule has 0 bridgehead atoms. The molecule has 0 radical (unpaired) electrons. The molecule has 16 heavy (non-hydrogen) atoms. The van der Waals surface area contributed by atoms with E-state index in [1.54, 1.807) is 0 Å². The van der Waals surface area contributed by atoms with Crippen molar-refractivity contribution in [1.29, 1.82) is 0 Å². The Morgan fingerprint density at radius 1 is 1.38 bits per heavy atom. The largest absolute Gasteiger partial charge is 0.440 e. The van der Waals surface area contributed by atoms with Gasteiger partial charge in [-0.3, -0.25) is 0 Å². The van der Waals surface area contributed by atoms with Crippen LogP contribution in [-0.2, 0) is 17.8 Å². The Balaban J connectivity index is 2.28. The van der Waals surface area contributed by atoms with E-state index in [0.717, 1.165) is 23.1 Å². The van der Waals surface area contributed by atoms with Crippen molar-refractivity contribution in [2.45, 2.75) is 32.5 Å². The van der Waals surface area contributed by atoms with E-state index in [-0.39, 0.29) is 5.60 Å². The first-order valence-electron chi connectivity index (χ1n) is 5.21. The van der Waals surface area contributed by atoms with Gasteiger partial charge in [-0.25, -0.2) is 9.97 Å². The highest BCUT2D eigenvalue weighted by molar-refractivity contribution is 5.88. The molecule has 0 amide bonds. The normalized spacial score (nSPS) is 18.6. The van der Waals surface area contributed by atoms with Gasteiger partial charge in [0.1, 0.15) is 24.5 Å². The minimum atomic E-state index is -0.188. The van der Waals surface area contributed by atoms with E-state index < -0.39 is 0 Å². The summed E-state index contributed by atoms with van der Waals surface area (Å²) in [4.78, 5) is 8.08. The number of nitrogens with zero attached hydrogens (tertiary/aromatic N) is 2. The Morgan fingerprint density at radius 2 is 2.19 bits per heavy atom. The molecule has 0 spiro atoms. The van der Waals surface area contributed by atoms with E-state index in [2.05, 4.69) is 23.8 Å². The molecule has 2 aromatic heterocycles. The number of aromatic nitrogens is 2. The maximum Gasteiger partial charge on any atom is 0.231 e. The lowest BCUT2D eigenvalue weighted by molar-refractivity contribution is -0.0476. The molecule has 0 fully saturated rings. The Hall–Kier alpha value is -1.62. The van der Waals surface area contributed by atoms with Crippen LogP contribution in [0.15, 0.2) is 10.7 Å². The summed E-state index contributed by atoms with van der Waals surface area (Å²) in [5, 5.41) is 0.842. The highest BCUT2D eigenvalue weighted by Crippen LogP contribution is 2.36. The van der Waals surface area contributed by atoms with Gasteiger partial charge in [0.25, 0.3) is 0 Å². The van der Waals surface area contributed by atoms with Crippen LogP contribution in [0.1, 0.15) is 25.2 Å². The van der Waals surface area contributed by atoms with E-state index in [1.807, 2.05) is 0 Å². The average Bonchev–Trinajstić information content (AvgIpc) is 2.55. The smallest absolute Gasteiger partial charge is 0.231 e. The highest BCUT2D eigenvalue weighted by atomic mass is 16.5. The molecule has 0 atom stereocenters. The zero-order chi connectivity index (χ0) is 11.3. The number of ether oxygens (including phenoxy) is 1. The Morgan fingerprint density at radius 3 is 3.00 bits per heavy atom. The number of hydrogen-bond donors (Lipinski definition) is 1. The summed E-state index contributed by atoms with van der Waals surface area (Å²) in [7, 11) is 0. The molecule has 0 saturated heterocycles. The molecule has 3 rings (SSSR count). The minimum absolute atomic E-state index is 0.188. The monoisotopic (exact) mass is 219 g/mol. The summed E-state index contributed by atoms with van der Waals surface area (Å²) in [6.45, 7) is 4.57. The Bertz CT molecular complexity index is 560. The van der Waals surface area contributed by atoms with Gasteiger partial charge in [0.15, 0.2) is 0 Å². The summed E-state index contributed by atoms with van der Waals surface area (Å²) in [5.74, 6) is 1.30. The van der Waals surface area contributed by atoms with Gasteiger partial charge < -0.3 is 14.9 Å². The standard InChI is InChI=1S/C11H13N3O2/c1-11(2)3-6-7(4-15-11)16-10-8(6)9(12)13-5-14-10/h5H,3-4H2,1-2H3,(H2,12,13,14). The zero-order valence-electron chi connectivity index (χ0n) is 9.28. The lowest BCUT2D eigenvalue weighted by atomic mass is 9.94. The molecule has 84 valence electrons. The molecule has 0 aliphatic carbocycles. The van der Waals surface area contributed by atoms with Crippen LogP contribution < -0.4 is 5.73 Å². The first kappa shape index (κ1) is 9.59. The van der Waals surface area contributed by atoms with Crippen LogP contribution >= 0.6 is 0 Å². The van der Waals surface area contributed by atoms with E-state index in [4.69, 9.17) is 14.9 Å². The molecule has 5 heteroatoms.